The third-order valence-corrected chi connectivity index (χ3v) is 4.54. The van der Waals surface area contributed by atoms with E-state index in [9.17, 15) is 4.39 Å². The summed E-state index contributed by atoms with van der Waals surface area (Å²) in [7, 11) is -0.394. The Labute approximate surface area is 131 Å². The monoisotopic (exact) mass is 298 g/mol. The van der Waals surface area contributed by atoms with Crippen molar-refractivity contribution in [1.82, 2.24) is 0 Å². The lowest BCUT2D eigenvalue weighted by Gasteiger charge is -2.36. The van der Waals surface area contributed by atoms with Gasteiger partial charge in [0.2, 0.25) is 0 Å². The Morgan fingerprint density at radius 1 is 0.955 bits per heavy atom. The number of halogens is 1. The van der Waals surface area contributed by atoms with Crippen molar-refractivity contribution in [2.75, 3.05) is 0 Å². The second-order valence-corrected chi connectivity index (χ2v) is 6.53. The first-order valence-corrected chi connectivity index (χ1v) is 7.55. The van der Waals surface area contributed by atoms with Crippen LogP contribution >= 0.6 is 0 Å². The first-order valence-electron chi connectivity index (χ1n) is 7.55. The summed E-state index contributed by atoms with van der Waals surface area (Å²) in [6.07, 6.45) is 0.598. The quantitative estimate of drug-likeness (QED) is 0.809. The van der Waals surface area contributed by atoms with Crippen molar-refractivity contribution >= 4 is 12.6 Å². The molecule has 2 nitrogen and oxygen atoms in total. The molecule has 114 valence electrons. The van der Waals surface area contributed by atoms with E-state index in [4.69, 9.17) is 9.31 Å². The van der Waals surface area contributed by atoms with E-state index in [2.05, 4.69) is 0 Å². The molecule has 0 aliphatic carbocycles. The Kier molecular flexibility index (Phi) is 3.83. The van der Waals surface area contributed by atoms with Crippen LogP contribution in [-0.2, 0) is 15.7 Å². The molecule has 4 heteroatoms. The highest BCUT2D eigenvalue weighted by molar-refractivity contribution is 6.62. The molecule has 1 atom stereocenters. The lowest BCUT2D eigenvalue weighted by atomic mass is 9.79. The molecular formula is C18H20BFO2. The maximum Gasteiger partial charge on any atom is 0.494 e. The van der Waals surface area contributed by atoms with Crippen molar-refractivity contribution in [2.45, 2.75) is 38.4 Å². The first-order chi connectivity index (χ1) is 10.4. The van der Waals surface area contributed by atoms with Crippen molar-refractivity contribution in [3.05, 3.63) is 66.0 Å². The average molecular weight is 298 g/mol. The Hall–Kier alpha value is -1.65. The Bertz CT molecular complexity index is 659. The van der Waals surface area contributed by atoms with E-state index in [0.717, 1.165) is 11.0 Å². The predicted molar refractivity (Wildman–Crippen MR) is 86.6 cm³/mol. The molecule has 0 N–H and O–H groups in total. The SMILES string of the molecule is CC1(C)OB(c2ccccc2)OC1(C)Cc1cccc(F)c1. The predicted octanol–water partition coefficient (Wildman–Crippen LogP) is 3.35. The van der Waals surface area contributed by atoms with Crippen LogP contribution in [0.15, 0.2) is 54.6 Å². The highest BCUT2D eigenvalue weighted by Gasteiger charge is 2.54. The summed E-state index contributed by atoms with van der Waals surface area (Å²) in [5, 5.41) is 0. The minimum Gasteiger partial charge on any atom is -0.399 e. The van der Waals surface area contributed by atoms with Crippen molar-refractivity contribution < 1.29 is 13.7 Å². The second kappa shape index (κ2) is 5.52. The molecule has 1 heterocycles. The zero-order valence-corrected chi connectivity index (χ0v) is 13.2. The fourth-order valence-corrected chi connectivity index (χ4v) is 2.83. The number of hydrogen-bond acceptors (Lipinski definition) is 2. The number of hydrogen-bond donors (Lipinski definition) is 0. The van der Waals surface area contributed by atoms with Gasteiger partial charge in [-0.3, -0.25) is 0 Å². The summed E-state index contributed by atoms with van der Waals surface area (Å²) < 4.78 is 25.8. The van der Waals surface area contributed by atoms with Gasteiger partial charge in [-0.25, -0.2) is 4.39 Å². The van der Waals surface area contributed by atoms with Crippen LogP contribution in [0.25, 0.3) is 0 Å². The normalized spacial score (nSPS) is 23.7. The van der Waals surface area contributed by atoms with Crippen LogP contribution in [0.3, 0.4) is 0 Å². The van der Waals surface area contributed by atoms with Crippen molar-refractivity contribution in [3.63, 3.8) is 0 Å². The topological polar surface area (TPSA) is 18.5 Å². The first kappa shape index (κ1) is 15.3. The van der Waals surface area contributed by atoms with Crippen molar-refractivity contribution in [1.29, 1.82) is 0 Å². The molecule has 1 unspecified atom stereocenters. The number of benzene rings is 2. The molecule has 22 heavy (non-hydrogen) atoms. The van der Waals surface area contributed by atoms with Gasteiger partial charge in [0.15, 0.2) is 0 Å². The van der Waals surface area contributed by atoms with E-state index in [1.54, 1.807) is 12.1 Å². The lowest BCUT2D eigenvalue weighted by molar-refractivity contribution is -0.00881. The molecule has 1 saturated heterocycles. The van der Waals surface area contributed by atoms with Gasteiger partial charge in [0, 0.05) is 6.42 Å². The van der Waals surface area contributed by atoms with E-state index in [-0.39, 0.29) is 5.82 Å². The molecule has 0 radical (unpaired) electrons. The molecule has 0 amide bonds. The standard InChI is InChI=1S/C18H20BFO2/c1-17(2)18(3,13-14-8-7-11-16(20)12-14)22-19(21-17)15-9-5-4-6-10-15/h4-12H,13H2,1-3H3. The zero-order valence-electron chi connectivity index (χ0n) is 13.2. The van der Waals surface area contributed by atoms with E-state index < -0.39 is 18.3 Å². The molecule has 0 saturated carbocycles. The second-order valence-electron chi connectivity index (χ2n) is 6.53. The van der Waals surface area contributed by atoms with E-state index in [1.807, 2.05) is 57.2 Å². The van der Waals surface area contributed by atoms with Crippen molar-refractivity contribution in [2.24, 2.45) is 0 Å². The molecule has 3 rings (SSSR count). The highest BCUT2D eigenvalue weighted by Crippen LogP contribution is 2.39. The van der Waals surface area contributed by atoms with Crippen LogP contribution in [0.2, 0.25) is 0 Å². The van der Waals surface area contributed by atoms with Gasteiger partial charge in [0.25, 0.3) is 0 Å². The largest absolute Gasteiger partial charge is 0.494 e. The average Bonchev–Trinajstić information content (AvgIpc) is 2.70. The van der Waals surface area contributed by atoms with Gasteiger partial charge < -0.3 is 9.31 Å². The van der Waals surface area contributed by atoms with Gasteiger partial charge in [-0.15, -0.1) is 0 Å². The summed E-state index contributed by atoms with van der Waals surface area (Å²) in [6, 6.07) is 16.6. The van der Waals surface area contributed by atoms with E-state index >= 15 is 0 Å². The van der Waals surface area contributed by atoms with E-state index in [1.165, 1.54) is 6.07 Å². The fraction of sp³-hybridized carbons (Fsp3) is 0.333. The van der Waals surface area contributed by atoms with Gasteiger partial charge in [0.1, 0.15) is 5.82 Å². The summed E-state index contributed by atoms with van der Waals surface area (Å²) in [4.78, 5) is 0. The summed E-state index contributed by atoms with van der Waals surface area (Å²) in [5.74, 6) is -0.225. The molecule has 0 bridgehead atoms. The maximum atomic E-state index is 13.4. The molecule has 2 aromatic carbocycles. The summed E-state index contributed by atoms with van der Waals surface area (Å²) >= 11 is 0. The fourth-order valence-electron chi connectivity index (χ4n) is 2.83. The van der Waals surface area contributed by atoms with Crippen molar-refractivity contribution in [3.8, 4) is 0 Å². The Morgan fingerprint density at radius 2 is 1.68 bits per heavy atom. The molecule has 0 aromatic heterocycles. The minimum atomic E-state index is -0.526. The van der Waals surface area contributed by atoms with Crippen LogP contribution in [0.4, 0.5) is 4.39 Å². The Balaban J connectivity index is 1.86. The molecule has 2 aromatic rings. The summed E-state index contributed by atoms with van der Waals surface area (Å²) in [5.41, 5.74) is 0.910. The molecule has 1 aliphatic rings. The van der Waals surface area contributed by atoms with Gasteiger partial charge >= 0.3 is 7.12 Å². The van der Waals surface area contributed by atoms with E-state index in [0.29, 0.717) is 6.42 Å². The Morgan fingerprint density at radius 3 is 2.36 bits per heavy atom. The third kappa shape index (κ3) is 2.81. The number of rotatable bonds is 3. The third-order valence-electron chi connectivity index (χ3n) is 4.54. The highest BCUT2D eigenvalue weighted by atomic mass is 19.1. The van der Waals surface area contributed by atoms with Crippen LogP contribution in [-0.4, -0.2) is 18.3 Å². The van der Waals surface area contributed by atoms with Gasteiger partial charge in [0.05, 0.1) is 11.2 Å². The van der Waals surface area contributed by atoms with Gasteiger partial charge in [-0.1, -0.05) is 42.5 Å². The molecular weight excluding hydrogens is 278 g/mol. The lowest BCUT2D eigenvalue weighted by Crippen LogP contribution is -2.46. The summed E-state index contributed by atoms with van der Waals surface area (Å²) in [6.45, 7) is 6.07. The van der Waals surface area contributed by atoms with Crippen LogP contribution in [0.1, 0.15) is 26.3 Å². The smallest absolute Gasteiger partial charge is 0.399 e. The van der Waals surface area contributed by atoms with Crippen LogP contribution < -0.4 is 5.46 Å². The minimum absolute atomic E-state index is 0.225. The maximum absolute atomic E-state index is 13.4. The zero-order chi connectivity index (χ0) is 15.8. The van der Waals surface area contributed by atoms with Crippen LogP contribution in [0, 0.1) is 5.82 Å². The molecule has 1 fully saturated rings. The van der Waals surface area contributed by atoms with Gasteiger partial charge in [-0.2, -0.15) is 0 Å². The molecule has 1 aliphatic heterocycles. The van der Waals surface area contributed by atoms with Crippen LogP contribution in [0.5, 0.6) is 0 Å². The molecule has 0 spiro atoms. The van der Waals surface area contributed by atoms with Gasteiger partial charge in [-0.05, 0) is 43.9 Å².